The molecule has 1 aromatic carbocycles. The number of nitrogens with zero attached hydrogens (tertiary/aromatic N) is 2. The summed E-state index contributed by atoms with van der Waals surface area (Å²) < 4.78 is 0. The number of rotatable bonds is 13. The first-order valence-corrected chi connectivity index (χ1v) is 11.5. The Morgan fingerprint density at radius 2 is 1.68 bits per heavy atom. The molecule has 2 aromatic rings. The molecule has 2 rings (SSSR count). The van der Waals surface area contributed by atoms with Gasteiger partial charge in [0.25, 0.3) is 11.8 Å². The SMILES string of the molecule is CCCCN(CCCC)CCCNC(=O)c1cc(Cl)ccc1NC(=O)c1ccccn1. The molecule has 2 amide bonds. The van der Waals surface area contributed by atoms with Crippen LogP contribution in [0.25, 0.3) is 0 Å². The molecule has 0 atom stereocenters. The van der Waals surface area contributed by atoms with Crippen molar-refractivity contribution in [2.24, 2.45) is 0 Å². The number of pyridine rings is 1. The third-order valence-electron chi connectivity index (χ3n) is 4.96. The van der Waals surface area contributed by atoms with Crippen molar-refractivity contribution in [3.8, 4) is 0 Å². The van der Waals surface area contributed by atoms with E-state index in [-0.39, 0.29) is 17.5 Å². The largest absolute Gasteiger partial charge is 0.352 e. The standard InChI is InChI=1S/C24H33ClN4O2/c1-3-5-15-29(16-6-4-2)17-9-14-27-23(30)20-18-19(25)11-12-21(20)28-24(31)22-10-7-8-13-26-22/h7-8,10-13,18H,3-6,9,14-17H2,1-2H3,(H,27,30)(H,28,31). The van der Waals surface area contributed by atoms with E-state index in [9.17, 15) is 9.59 Å². The minimum Gasteiger partial charge on any atom is -0.352 e. The van der Waals surface area contributed by atoms with Crippen molar-refractivity contribution in [2.45, 2.75) is 46.0 Å². The first-order chi connectivity index (χ1) is 15.0. The highest BCUT2D eigenvalue weighted by Gasteiger charge is 2.15. The van der Waals surface area contributed by atoms with Crippen molar-refractivity contribution >= 4 is 29.1 Å². The number of aromatic nitrogens is 1. The zero-order valence-corrected chi connectivity index (χ0v) is 19.3. The Labute approximate surface area is 190 Å². The van der Waals surface area contributed by atoms with Gasteiger partial charge in [-0.2, -0.15) is 0 Å². The van der Waals surface area contributed by atoms with Gasteiger partial charge in [-0.05, 0) is 69.2 Å². The summed E-state index contributed by atoms with van der Waals surface area (Å²) in [6, 6.07) is 9.94. The van der Waals surface area contributed by atoms with Gasteiger partial charge in [-0.1, -0.05) is 44.4 Å². The zero-order chi connectivity index (χ0) is 22.5. The molecule has 7 heteroatoms. The number of benzene rings is 1. The van der Waals surface area contributed by atoms with Crippen molar-refractivity contribution in [1.82, 2.24) is 15.2 Å². The monoisotopic (exact) mass is 444 g/mol. The minimum atomic E-state index is -0.375. The summed E-state index contributed by atoms with van der Waals surface area (Å²) in [6.45, 7) is 8.12. The number of hydrogen-bond donors (Lipinski definition) is 2. The maximum Gasteiger partial charge on any atom is 0.274 e. The Balaban J connectivity index is 1.93. The van der Waals surface area contributed by atoms with Gasteiger partial charge < -0.3 is 15.5 Å². The average molecular weight is 445 g/mol. The normalized spacial score (nSPS) is 10.8. The van der Waals surface area contributed by atoms with Gasteiger partial charge in [-0.15, -0.1) is 0 Å². The van der Waals surface area contributed by atoms with Gasteiger partial charge in [-0.3, -0.25) is 14.6 Å². The van der Waals surface area contributed by atoms with Crippen molar-refractivity contribution in [3.05, 3.63) is 58.9 Å². The van der Waals surface area contributed by atoms with E-state index in [0.29, 0.717) is 22.8 Å². The van der Waals surface area contributed by atoms with E-state index in [1.54, 1.807) is 42.6 Å². The van der Waals surface area contributed by atoms with Crippen LogP contribution in [0, 0.1) is 0 Å². The van der Waals surface area contributed by atoms with E-state index >= 15 is 0 Å². The number of amides is 2. The number of carbonyl (C=O) groups is 2. The van der Waals surface area contributed by atoms with Crippen LogP contribution in [0.1, 0.15) is 66.8 Å². The highest BCUT2D eigenvalue weighted by Crippen LogP contribution is 2.21. The van der Waals surface area contributed by atoms with Gasteiger partial charge in [0, 0.05) is 17.8 Å². The third-order valence-corrected chi connectivity index (χ3v) is 5.20. The van der Waals surface area contributed by atoms with E-state index in [1.165, 1.54) is 25.7 Å². The summed E-state index contributed by atoms with van der Waals surface area (Å²) in [6.07, 6.45) is 7.17. The molecule has 0 saturated carbocycles. The van der Waals surface area contributed by atoms with Crippen LogP contribution in [0.5, 0.6) is 0 Å². The second-order valence-electron chi connectivity index (χ2n) is 7.52. The van der Waals surface area contributed by atoms with Gasteiger partial charge in [0.2, 0.25) is 0 Å². The van der Waals surface area contributed by atoms with Crippen LogP contribution in [0.2, 0.25) is 5.02 Å². The molecule has 168 valence electrons. The number of nitrogens with one attached hydrogen (secondary N) is 2. The molecule has 31 heavy (non-hydrogen) atoms. The third kappa shape index (κ3) is 8.67. The van der Waals surface area contributed by atoms with E-state index in [1.807, 2.05) is 0 Å². The van der Waals surface area contributed by atoms with Gasteiger partial charge in [0.05, 0.1) is 11.3 Å². The number of hydrogen-bond acceptors (Lipinski definition) is 4. The molecule has 0 fully saturated rings. The fourth-order valence-electron chi connectivity index (χ4n) is 3.20. The Hall–Kier alpha value is -2.44. The van der Waals surface area contributed by atoms with Crippen LogP contribution >= 0.6 is 11.6 Å². The lowest BCUT2D eigenvalue weighted by molar-refractivity contribution is 0.0952. The van der Waals surface area contributed by atoms with Crippen LogP contribution < -0.4 is 10.6 Å². The van der Waals surface area contributed by atoms with E-state index in [0.717, 1.165) is 26.1 Å². The lowest BCUT2D eigenvalue weighted by Gasteiger charge is -2.22. The molecule has 0 spiro atoms. The maximum absolute atomic E-state index is 12.8. The molecule has 2 N–H and O–H groups in total. The second kappa shape index (κ2) is 13.8. The molecular weight excluding hydrogens is 412 g/mol. The van der Waals surface area contributed by atoms with Crippen molar-refractivity contribution < 1.29 is 9.59 Å². The van der Waals surface area contributed by atoms with Crippen LogP contribution in [0.4, 0.5) is 5.69 Å². The van der Waals surface area contributed by atoms with Crippen LogP contribution in [0.15, 0.2) is 42.6 Å². The molecule has 0 aliphatic rings. The lowest BCUT2D eigenvalue weighted by atomic mass is 10.1. The zero-order valence-electron chi connectivity index (χ0n) is 18.5. The smallest absolute Gasteiger partial charge is 0.274 e. The Kier molecular flexibility index (Phi) is 11.0. The highest BCUT2D eigenvalue weighted by atomic mass is 35.5. The Morgan fingerprint density at radius 3 is 2.32 bits per heavy atom. The molecule has 0 bridgehead atoms. The lowest BCUT2D eigenvalue weighted by Crippen LogP contribution is -2.31. The van der Waals surface area contributed by atoms with Crippen molar-refractivity contribution in [1.29, 1.82) is 0 Å². The highest BCUT2D eigenvalue weighted by molar-refractivity contribution is 6.31. The van der Waals surface area contributed by atoms with Crippen LogP contribution in [-0.2, 0) is 0 Å². The number of anilines is 1. The first kappa shape index (κ1) is 24.8. The summed E-state index contributed by atoms with van der Waals surface area (Å²) in [5.41, 5.74) is 1.03. The molecule has 1 aromatic heterocycles. The van der Waals surface area contributed by atoms with E-state index in [4.69, 9.17) is 11.6 Å². The summed E-state index contributed by atoms with van der Waals surface area (Å²) in [7, 11) is 0. The minimum absolute atomic E-state index is 0.257. The summed E-state index contributed by atoms with van der Waals surface area (Å²) in [5.74, 6) is -0.632. The summed E-state index contributed by atoms with van der Waals surface area (Å²) in [5, 5.41) is 6.15. The van der Waals surface area contributed by atoms with E-state index in [2.05, 4.69) is 34.4 Å². The molecule has 0 aliphatic carbocycles. The predicted molar refractivity (Wildman–Crippen MR) is 127 cm³/mol. The van der Waals surface area contributed by atoms with Crippen molar-refractivity contribution in [3.63, 3.8) is 0 Å². The topological polar surface area (TPSA) is 74.3 Å². The van der Waals surface area contributed by atoms with Gasteiger partial charge in [0.15, 0.2) is 0 Å². The predicted octanol–water partition coefficient (Wildman–Crippen LogP) is 5.01. The molecule has 0 saturated heterocycles. The molecule has 6 nitrogen and oxygen atoms in total. The Bertz CT molecular complexity index is 822. The van der Waals surface area contributed by atoms with Crippen LogP contribution in [-0.4, -0.2) is 47.9 Å². The summed E-state index contributed by atoms with van der Waals surface area (Å²) in [4.78, 5) is 31.7. The molecule has 0 unspecified atom stereocenters. The molecule has 0 aliphatic heterocycles. The average Bonchev–Trinajstić information content (AvgIpc) is 2.79. The van der Waals surface area contributed by atoms with Crippen LogP contribution in [0.3, 0.4) is 0 Å². The van der Waals surface area contributed by atoms with Gasteiger partial charge in [0.1, 0.15) is 5.69 Å². The number of unbranched alkanes of at least 4 members (excludes halogenated alkanes) is 2. The Morgan fingerprint density at radius 1 is 0.968 bits per heavy atom. The van der Waals surface area contributed by atoms with Crippen molar-refractivity contribution in [2.75, 3.05) is 31.5 Å². The second-order valence-corrected chi connectivity index (χ2v) is 7.95. The van der Waals surface area contributed by atoms with E-state index < -0.39 is 0 Å². The van der Waals surface area contributed by atoms with Gasteiger partial charge >= 0.3 is 0 Å². The molecular formula is C24H33ClN4O2. The van der Waals surface area contributed by atoms with Gasteiger partial charge in [-0.25, -0.2) is 0 Å². The molecule has 1 heterocycles. The maximum atomic E-state index is 12.8. The quantitative estimate of drug-likeness (QED) is 0.426. The summed E-state index contributed by atoms with van der Waals surface area (Å²) >= 11 is 6.10. The fourth-order valence-corrected chi connectivity index (χ4v) is 3.37. The first-order valence-electron chi connectivity index (χ1n) is 11.1. The fraction of sp³-hybridized carbons (Fsp3) is 0.458. The molecule has 0 radical (unpaired) electrons. The number of halogens is 1. The number of carbonyl (C=O) groups excluding carboxylic acids is 2.